The average molecular weight is 396 g/mol. The number of urea groups is 1. The van der Waals surface area contributed by atoms with E-state index in [1.807, 2.05) is 0 Å². The molecule has 0 aliphatic carbocycles. The quantitative estimate of drug-likeness (QED) is 0.461. The Balaban J connectivity index is 2.05. The lowest BCUT2D eigenvalue weighted by atomic mass is 10.1. The van der Waals surface area contributed by atoms with Gasteiger partial charge >= 0.3 is 6.03 Å². The molecule has 1 fully saturated rings. The highest BCUT2D eigenvalue weighted by Crippen LogP contribution is 2.29. The molecule has 4 amide bonds. The van der Waals surface area contributed by atoms with Gasteiger partial charge < -0.3 is 9.47 Å². The van der Waals surface area contributed by atoms with Crippen molar-refractivity contribution in [3.05, 3.63) is 72.1 Å². The Hall–Kier alpha value is -3.94. The molecule has 29 heavy (non-hydrogen) atoms. The Labute approximate surface area is 166 Å². The van der Waals surface area contributed by atoms with Crippen molar-refractivity contribution in [1.29, 1.82) is 0 Å². The number of nitrogens with one attached hydrogen (secondary N) is 1. The molecular formula is C21H17FN2O5. The molecule has 1 aliphatic heterocycles. The number of carbonyl (C=O) groups excluding carboxylic acids is 3. The van der Waals surface area contributed by atoms with Gasteiger partial charge in [0.15, 0.2) is 0 Å². The molecule has 0 saturated carbocycles. The molecule has 1 N–H and O–H groups in total. The molecule has 7 nitrogen and oxygen atoms in total. The number of benzene rings is 2. The number of para-hydroxylation sites is 1. The van der Waals surface area contributed by atoms with E-state index in [-0.39, 0.29) is 17.9 Å². The average Bonchev–Trinajstić information content (AvgIpc) is 2.71. The van der Waals surface area contributed by atoms with Gasteiger partial charge in [-0.3, -0.25) is 14.9 Å². The third-order valence-corrected chi connectivity index (χ3v) is 4.07. The van der Waals surface area contributed by atoms with E-state index in [1.165, 1.54) is 37.5 Å². The summed E-state index contributed by atoms with van der Waals surface area (Å²) in [6.45, 7) is 3.76. The van der Waals surface area contributed by atoms with Crippen molar-refractivity contribution < 1.29 is 28.2 Å². The first-order valence-electron chi connectivity index (χ1n) is 8.54. The van der Waals surface area contributed by atoms with E-state index in [1.54, 1.807) is 18.2 Å². The molecule has 2 aromatic carbocycles. The summed E-state index contributed by atoms with van der Waals surface area (Å²) in [5.74, 6) is -1.77. The van der Waals surface area contributed by atoms with Gasteiger partial charge in [-0.15, -0.1) is 0 Å². The second-order valence-electron chi connectivity index (χ2n) is 5.91. The van der Waals surface area contributed by atoms with Gasteiger partial charge in [0.05, 0.1) is 12.8 Å². The standard InChI is InChI=1S/C21H17FN2O5/c1-3-10-29-18-12-14(28-2)9-8-13(18)11-15-19(25)23-21(27)24(20(15)26)17-7-5-4-6-16(17)22/h3-9,11-12H,1,10H2,2H3,(H,23,25,27)/b15-11-. The summed E-state index contributed by atoms with van der Waals surface area (Å²) < 4.78 is 24.9. The number of carbonyl (C=O) groups is 3. The number of methoxy groups -OCH3 is 1. The fourth-order valence-corrected chi connectivity index (χ4v) is 2.70. The van der Waals surface area contributed by atoms with Crippen LogP contribution >= 0.6 is 0 Å². The summed E-state index contributed by atoms with van der Waals surface area (Å²) in [6, 6.07) is 9.05. The maximum absolute atomic E-state index is 14.1. The molecule has 0 radical (unpaired) electrons. The van der Waals surface area contributed by atoms with Crippen LogP contribution in [0.5, 0.6) is 11.5 Å². The van der Waals surface area contributed by atoms with Crippen LogP contribution in [0, 0.1) is 5.82 Å². The smallest absolute Gasteiger partial charge is 0.336 e. The van der Waals surface area contributed by atoms with Crippen LogP contribution in [0.1, 0.15) is 5.56 Å². The maximum atomic E-state index is 14.1. The van der Waals surface area contributed by atoms with Gasteiger partial charge in [0.25, 0.3) is 11.8 Å². The number of anilines is 1. The van der Waals surface area contributed by atoms with Gasteiger partial charge in [-0.2, -0.15) is 0 Å². The minimum atomic E-state index is -1.03. The predicted molar refractivity (Wildman–Crippen MR) is 104 cm³/mol. The van der Waals surface area contributed by atoms with Crippen molar-refractivity contribution in [2.45, 2.75) is 0 Å². The Morgan fingerprint density at radius 3 is 2.62 bits per heavy atom. The lowest BCUT2D eigenvalue weighted by Gasteiger charge is -2.26. The van der Waals surface area contributed by atoms with Crippen LogP contribution in [0.2, 0.25) is 0 Å². The normalized spacial score (nSPS) is 15.3. The summed E-state index contributed by atoms with van der Waals surface area (Å²) in [5.41, 5.74) is -0.207. The number of halogens is 1. The summed E-state index contributed by atoms with van der Waals surface area (Å²) in [4.78, 5) is 38.0. The SMILES string of the molecule is C=CCOc1cc(OC)ccc1/C=C1/C(=O)NC(=O)N(c2ccccc2F)C1=O. The Morgan fingerprint density at radius 1 is 1.17 bits per heavy atom. The second-order valence-corrected chi connectivity index (χ2v) is 5.91. The molecule has 0 unspecified atom stereocenters. The third-order valence-electron chi connectivity index (χ3n) is 4.07. The predicted octanol–water partition coefficient (Wildman–Crippen LogP) is 3.07. The zero-order valence-corrected chi connectivity index (χ0v) is 15.5. The second kappa shape index (κ2) is 8.39. The van der Waals surface area contributed by atoms with Gasteiger partial charge in [-0.05, 0) is 30.3 Å². The van der Waals surface area contributed by atoms with E-state index >= 15 is 0 Å². The van der Waals surface area contributed by atoms with Crippen LogP contribution < -0.4 is 19.7 Å². The van der Waals surface area contributed by atoms with Crippen molar-refractivity contribution in [3.8, 4) is 11.5 Å². The fraction of sp³-hybridized carbons (Fsp3) is 0.0952. The lowest BCUT2D eigenvalue weighted by molar-refractivity contribution is -0.122. The Kier molecular flexibility index (Phi) is 5.73. The lowest BCUT2D eigenvalue weighted by Crippen LogP contribution is -2.54. The monoisotopic (exact) mass is 396 g/mol. The number of hydrogen-bond acceptors (Lipinski definition) is 5. The molecule has 8 heteroatoms. The number of hydrogen-bond donors (Lipinski definition) is 1. The molecule has 2 aromatic rings. The minimum Gasteiger partial charge on any atom is -0.497 e. The van der Waals surface area contributed by atoms with Gasteiger partial charge in [0.2, 0.25) is 0 Å². The van der Waals surface area contributed by atoms with E-state index in [0.717, 1.165) is 6.07 Å². The summed E-state index contributed by atoms with van der Waals surface area (Å²) >= 11 is 0. The highest BCUT2D eigenvalue weighted by atomic mass is 19.1. The molecule has 3 rings (SSSR count). The molecular weight excluding hydrogens is 379 g/mol. The van der Waals surface area contributed by atoms with Crippen LogP contribution in [0.15, 0.2) is 60.7 Å². The van der Waals surface area contributed by atoms with Crippen molar-refractivity contribution in [3.63, 3.8) is 0 Å². The van der Waals surface area contributed by atoms with Crippen molar-refractivity contribution >= 4 is 29.6 Å². The molecule has 1 aliphatic rings. The number of imide groups is 2. The number of barbiturate groups is 1. The molecule has 0 aromatic heterocycles. The molecule has 148 valence electrons. The highest BCUT2D eigenvalue weighted by molar-refractivity contribution is 6.39. The first-order valence-corrected chi connectivity index (χ1v) is 8.54. The molecule has 0 atom stereocenters. The fourth-order valence-electron chi connectivity index (χ4n) is 2.70. The molecule has 1 saturated heterocycles. The maximum Gasteiger partial charge on any atom is 0.336 e. The number of nitrogens with zero attached hydrogens (tertiary/aromatic N) is 1. The van der Waals surface area contributed by atoms with E-state index < -0.39 is 23.7 Å². The van der Waals surface area contributed by atoms with E-state index in [4.69, 9.17) is 9.47 Å². The zero-order chi connectivity index (χ0) is 21.0. The Bertz CT molecular complexity index is 1030. The molecule has 0 bridgehead atoms. The van der Waals surface area contributed by atoms with Crippen LogP contribution in [0.4, 0.5) is 14.9 Å². The summed E-state index contributed by atoms with van der Waals surface area (Å²) in [7, 11) is 1.49. The van der Waals surface area contributed by atoms with Crippen LogP contribution in [-0.2, 0) is 9.59 Å². The third kappa shape index (κ3) is 4.01. The van der Waals surface area contributed by atoms with Crippen LogP contribution in [0.25, 0.3) is 6.08 Å². The van der Waals surface area contributed by atoms with Gasteiger partial charge in [-0.25, -0.2) is 14.1 Å². The number of ether oxygens (including phenoxy) is 2. The van der Waals surface area contributed by atoms with E-state index in [0.29, 0.717) is 22.0 Å². The van der Waals surface area contributed by atoms with Gasteiger partial charge in [0, 0.05) is 11.6 Å². The van der Waals surface area contributed by atoms with Crippen LogP contribution in [0.3, 0.4) is 0 Å². The largest absolute Gasteiger partial charge is 0.497 e. The first kappa shape index (κ1) is 19.8. The van der Waals surface area contributed by atoms with E-state index in [9.17, 15) is 18.8 Å². The van der Waals surface area contributed by atoms with Crippen LogP contribution in [-0.4, -0.2) is 31.6 Å². The van der Waals surface area contributed by atoms with Gasteiger partial charge in [-0.1, -0.05) is 24.8 Å². The molecule has 0 spiro atoms. The first-order chi connectivity index (χ1) is 14.0. The summed E-state index contributed by atoms with van der Waals surface area (Å²) in [5, 5.41) is 2.05. The Morgan fingerprint density at radius 2 is 1.93 bits per heavy atom. The molecule has 1 heterocycles. The summed E-state index contributed by atoms with van der Waals surface area (Å²) in [6.07, 6.45) is 2.81. The minimum absolute atomic E-state index is 0.184. The zero-order valence-electron chi connectivity index (χ0n) is 15.5. The number of rotatable bonds is 6. The number of amides is 4. The highest BCUT2D eigenvalue weighted by Gasteiger charge is 2.38. The van der Waals surface area contributed by atoms with Crippen molar-refractivity contribution in [2.75, 3.05) is 18.6 Å². The van der Waals surface area contributed by atoms with Gasteiger partial charge in [0.1, 0.15) is 29.5 Å². The van der Waals surface area contributed by atoms with Crippen molar-refractivity contribution in [1.82, 2.24) is 5.32 Å². The van der Waals surface area contributed by atoms with Crippen molar-refractivity contribution in [2.24, 2.45) is 0 Å². The van der Waals surface area contributed by atoms with E-state index in [2.05, 4.69) is 11.9 Å². The topological polar surface area (TPSA) is 84.9 Å².